The molecule has 0 radical (unpaired) electrons. The van der Waals surface area contributed by atoms with Crippen LogP contribution in [0.2, 0.25) is 5.02 Å². The predicted octanol–water partition coefficient (Wildman–Crippen LogP) is 3.83. The van der Waals surface area contributed by atoms with Crippen LogP contribution in [0.25, 0.3) is 0 Å². The SMILES string of the molecule is O=C(Nc1cccc(Cl)c1)O/N=C/c1cccc([N+](=O)[O-])c1. The second-order valence-corrected chi connectivity index (χ2v) is 4.54. The molecule has 0 heterocycles. The lowest BCUT2D eigenvalue weighted by atomic mass is 10.2. The van der Waals surface area contributed by atoms with Gasteiger partial charge in [0, 0.05) is 28.4 Å². The van der Waals surface area contributed by atoms with Gasteiger partial charge in [0.1, 0.15) is 0 Å². The van der Waals surface area contributed by atoms with E-state index < -0.39 is 11.0 Å². The van der Waals surface area contributed by atoms with E-state index in [1.54, 1.807) is 30.3 Å². The molecule has 0 saturated heterocycles. The van der Waals surface area contributed by atoms with E-state index in [1.165, 1.54) is 24.4 Å². The Bertz CT molecular complexity index is 734. The normalized spacial score (nSPS) is 10.4. The molecule has 2 aromatic rings. The highest BCUT2D eigenvalue weighted by molar-refractivity contribution is 6.30. The minimum Gasteiger partial charge on any atom is -0.298 e. The van der Waals surface area contributed by atoms with Gasteiger partial charge in [0.15, 0.2) is 0 Å². The Morgan fingerprint density at radius 2 is 2.05 bits per heavy atom. The highest BCUT2D eigenvalue weighted by Crippen LogP contribution is 2.15. The molecule has 0 unspecified atom stereocenters. The third-order valence-electron chi connectivity index (χ3n) is 2.49. The van der Waals surface area contributed by atoms with Gasteiger partial charge in [0.05, 0.1) is 11.1 Å². The molecule has 1 amide bonds. The lowest BCUT2D eigenvalue weighted by molar-refractivity contribution is -0.384. The average Bonchev–Trinajstić information content (AvgIpc) is 2.47. The Labute approximate surface area is 130 Å². The Morgan fingerprint density at radius 3 is 2.77 bits per heavy atom. The van der Waals surface area contributed by atoms with Crippen molar-refractivity contribution in [1.82, 2.24) is 0 Å². The molecular weight excluding hydrogens is 310 g/mol. The van der Waals surface area contributed by atoms with Crippen molar-refractivity contribution in [3.8, 4) is 0 Å². The second kappa shape index (κ2) is 7.19. The third kappa shape index (κ3) is 4.57. The number of carbonyl (C=O) groups excluding carboxylic acids is 1. The van der Waals surface area contributed by atoms with Crippen molar-refractivity contribution in [2.45, 2.75) is 0 Å². The molecule has 1 N–H and O–H groups in total. The van der Waals surface area contributed by atoms with Gasteiger partial charge in [-0.15, -0.1) is 0 Å². The van der Waals surface area contributed by atoms with Gasteiger partial charge < -0.3 is 0 Å². The topological polar surface area (TPSA) is 93.8 Å². The number of nitrogens with zero attached hydrogens (tertiary/aromatic N) is 2. The summed E-state index contributed by atoms with van der Waals surface area (Å²) in [5.74, 6) is 0. The summed E-state index contributed by atoms with van der Waals surface area (Å²) in [6.07, 6.45) is 0.397. The summed E-state index contributed by atoms with van der Waals surface area (Å²) in [6, 6.07) is 12.3. The van der Waals surface area contributed by atoms with Crippen LogP contribution in [0.5, 0.6) is 0 Å². The van der Waals surface area contributed by atoms with E-state index >= 15 is 0 Å². The number of anilines is 1. The summed E-state index contributed by atoms with van der Waals surface area (Å²) in [6.45, 7) is 0. The fourth-order valence-corrected chi connectivity index (χ4v) is 1.75. The lowest BCUT2D eigenvalue weighted by Crippen LogP contribution is -2.10. The largest absolute Gasteiger partial charge is 0.437 e. The molecular formula is C14H10ClN3O4. The maximum absolute atomic E-state index is 11.5. The van der Waals surface area contributed by atoms with E-state index in [9.17, 15) is 14.9 Å². The zero-order valence-corrected chi connectivity index (χ0v) is 11.9. The fourth-order valence-electron chi connectivity index (χ4n) is 1.56. The Hall–Kier alpha value is -2.93. The molecule has 0 aromatic heterocycles. The number of nitro groups is 1. The summed E-state index contributed by atoms with van der Waals surface area (Å²) in [4.78, 5) is 26.2. The molecule has 2 aromatic carbocycles. The summed E-state index contributed by atoms with van der Waals surface area (Å²) in [5.41, 5.74) is 0.820. The first-order chi connectivity index (χ1) is 10.5. The number of halogens is 1. The van der Waals surface area contributed by atoms with Gasteiger partial charge in [0.25, 0.3) is 5.69 Å². The number of hydrogen-bond acceptors (Lipinski definition) is 5. The molecule has 0 spiro atoms. The molecule has 0 saturated carbocycles. The number of hydrogen-bond donors (Lipinski definition) is 1. The number of non-ortho nitro benzene ring substituents is 1. The summed E-state index contributed by atoms with van der Waals surface area (Å²) in [7, 11) is 0. The first-order valence-electron chi connectivity index (χ1n) is 6.06. The van der Waals surface area contributed by atoms with Gasteiger partial charge in [0.2, 0.25) is 0 Å². The highest BCUT2D eigenvalue weighted by Gasteiger charge is 2.05. The van der Waals surface area contributed by atoms with Crippen molar-refractivity contribution < 1.29 is 14.6 Å². The van der Waals surface area contributed by atoms with Gasteiger partial charge in [-0.25, -0.2) is 4.79 Å². The van der Waals surface area contributed by atoms with Crippen LogP contribution in [0.1, 0.15) is 5.56 Å². The molecule has 0 fully saturated rings. The van der Waals surface area contributed by atoms with E-state index in [4.69, 9.17) is 11.6 Å². The Morgan fingerprint density at radius 1 is 1.27 bits per heavy atom. The molecule has 0 aliphatic rings. The van der Waals surface area contributed by atoms with Crippen LogP contribution in [-0.4, -0.2) is 17.2 Å². The van der Waals surface area contributed by atoms with Gasteiger partial charge in [-0.05, 0) is 18.2 Å². The van der Waals surface area contributed by atoms with Gasteiger partial charge in [-0.1, -0.05) is 35.0 Å². The lowest BCUT2D eigenvalue weighted by Gasteiger charge is -2.02. The molecule has 0 bridgehead atoms. The molecule has 2 rings (SSSR count). The van der Waals surface area contributed by atoms with Crippen molar-refractivity contribution in [1.29, 1.82) is 0 Å². The summed E-state index contributed by atoms with van der Waals surface area (Å²) >= 11 is 5.78. The first kappa shape index (κ1) is 15.5. The van der Waals surface area contributed by atoms with Crippen molar-refractivity contribution >= 4 is 35.3 Å². The predicted molar refractivity (Wildman–Crippen MR) is 82.2 cm³/mol. The van der Waals surface area contributed by atoms with E-state index in [1.807, 2.05) is 0 Å². The molecule has 0 atom stereocenters. The van der Waals surface area contributed by atoms with Crippen molar-refractivity contribution in [3.05, 3.63) is 69.2 Å². The van der Waals surface area contributed by atoms with Crippen molar-refractivity contribution in [2.24, 2.45) is 5.16 Å². The van der Waals surface area contributed by atoms with Crippen molar-refractivity contribution in [2.75, 3.05) is 5.32 Å². The molecule has 112 valence electrons. The molecule has 0 aliphatic carbocycles. The zero-order valence-electron chi connectivity index (χ0n) is 11.1. The van der Waals surface area contributed by atoms with Crippen LogP contribution in [0.15, 0.2) is 53.7 Å². The highest BCUT2D eigenvalue weighted by atomic mass is 35.5. The number of rotatable bonds is 4. The molecule has 8 heteroatoms. The second-order valence-electron chi connectivity index (χ2n) is 4.10. The maximum atomic E-state index is 11.5. The van der Waals surface area contributed by atoms with E-state index in [2.05, 4.69) is 15.3 Å². The zero-order chi connectivity index (χ0) is 15.9. The number of nitrogens with one attached hydrogen (secondary N) is 1. The smallest absolute Gasteiger partial charge is 0.298 e. The summed E-state index contributed by atoms with van der Waals surface area (Å²) < 4.78 is 0. The number of benzene rings is 2. The van der Waals surface area contributed by atoms with Gasteiger partial charge >= 0.3 is 6.09 Å². The Kier molecular flexibility index (Phi) is 5.05. The van der Waals surface area contributed by atoms with Crippen LogP contribution in [0, 0.1) is 10.1 Å². The monoisotopic (exact) mass is 319 g/mol. The number of nitro benzene ring substituents is 1. The quantitative estimate of drug-likeness (QED) is 0.401. The van der Waals surface area contributed by atoms with Crippen LogP contribution >= 0.6 is 11.6 Å². The Balaban J connectivity index is 1.93. The van der Waals surface area contributed by atoms with E-state index in [0.717, 1.165) is 0 Å². The fraction of sp³-hybridized carbons (Fsp3) is 0. The summed E-state index contributed by atoms with van der Waals surface area (Å²) in [5, 5.41) is 17.0. The molecule has 0 aliphatic heterocycles. The number of carbonyl (C=O) groups is 1. The van der Waals surface area contributed by atoms with Crippen LogP contribution in [-0.2, 0) is 4.84 Å². The third-order valence-corrected chi connectivity index (χ3v) is 2.72. The van der Waals surface area contributed by atoms with Gasteiger partial charge in [-0.2, -0.15) is 0 Å². The minimum atomic E-state index is -0.802. The van der Waals surface area contributed by atoms with E-state index in [0.29, 0.717) is 16.3 Å². The molecule has 7 nitrogen and oxygen atoms in total. The van der Waals surface area contributed by atoms with Crippen molar-refractivity contribution in [3.63, 3.8) is 0 Å². The van der Waals surface area contributed by atoms with Gasteiger partial charge in [-0.3, -0.25) is 20.3 Å². The number of oxime groups is 1. The van der Waals surface area contributed by atoms with Crippen LogP contribution < -0.4 is 5.32 Å². The van der Waals surface area contributed by atoms with Crippen LogP contribution in [0.4, 0.5) is 16.2 Å². The average molecular weight is 320 g/mol. The maximum Gasteiger partial charge on any atom is 0.437 e. The molecule has 22 heavy (non-hydrogen) atoms. The van der Waals surface area contributed by atoms with Crippen LogP contribution in [0.3, 0.4) is 0 Å². The number of amides is 1. The minimum absolute atomic E-state index is 0.0765. The van der Waals surface area contributed by atoms with E-state index in [-0.39, 0.29) is 5.69 Å². The standard InChI is InChI=1S/C14H10ClN3O4/c15-11-4-2-5-12(8-11)17-14(19)22-16-9-10-3-1-6-13(7-10)18(20)21/h1-9H,(H,17,19)/b16-9+. The first-order valence-corrected chi connectivity index (χ1v) is 6.44.